The predicted octanol–water partition coefficient (Wildman–Crippen LogP) is 2.04. The summed E-state index contributed by atoms with van der Waals surface area (Å²) in [6.45, 7) is 2.49. The van der Waals surface area contributed by atoms with Crippen LogP contribution in [0.3, 0.4) is 0 Å². The molecule has 0 amide bonds. The molecule has 1 aliphatic heterocycles. The molecule has 98 valence electrons. The SMILES string of the molecule is O=C(O)c1ccc(CNCC2CCCCO2)cc1. The molecular formula is C14H19NO3. The maximum absolute atomic E-state index is 10.7. The molecular weight excluding hydrogens is 230 g/mol. The fraction of sp³-hybridized carbons (Fsp3) is 0.500. The van der Waals surface area contributed by atoms with Gasteiger partial charge in [-0.2, -0.15) is 0 Å². The third-order valence-electron chi connectivity index (χ3n) is 3.18. The zero-order valence-electron chi connectivity index (χ0n) is 10.4. The number of hydrogen-bond donors (Lipinski definition) is 2. The Morgan fingerprint density at radius 1 is 1.33 bits per heavy atom. The van der Waals surface area contributed by atoms with Crippen LogP contribution in [-0.2, 0) is 11.3 Å². The van der Waals surface area contributed by atoms with Crippen molar-refractivity contribution in [3.63, 3.8) is 0 Å². The van der Waals surface area contributed by atoms with E-state index < -0.39 is 5.97 Å². The molecule has 1 aromatic rings. The smallest absolute Gasteiger partial charge is 0.335 e. The van der Waals surface area contributed by atoms with Crippen LogP contribution in [0.5, 0.6) is 0 Å². The summed E-state index contributed by atoms with van der Waals surface area (Å²) in [6, 6.07) is 6.96. The monoisotopic (exact) mass is 249 g/mol. The largest absolute Gasteiger partial charge is 0.478 e. The molecule has 1 unspecified atom stereocenters. The fourth-order valence-electron chi connectivity index (χ4n) is 2.11. The summed E-state index contributed by atoms with van der Waals surface area (Å²) in [5.74, 6) is -0.884. The molecule has 1 aliphatic rings. The molecule has 18 heavy (non-hydrogen) atoms. The molecule has 4 nitrogen and oxygen atoms in total. The minimum atomic E-state index is -0.884. The van der Waals surface area contributed by atoms with E-state index in [0.29, 0.717) is 11.7 Å². The first-order valence-electron chi connectivity index (χ1n) is 6.40. The second-order valence-electron chi connectivity index (χ2n) is 4.62. The maximum Gasteiger partial charge on any atom is 0.335 e. The van der Waals surface area contributed by atoms with Crippen molar-refractivity contribution < 1.29 is 14.6 Å². The highest BCUT2D eigenvalue weighted by atomic mass is 16.5. The summed E-state index contributed by atoms with van der Waals surface area (Å²) >= 11 is 0. The summed E-state index contributed by atoms with van der Waals surface area (Å²) in [5.41, 5.74) is 1.42. The molecule has 0 aliphatic carbocycles. The minimum Gasteiger partial charge on any atom is -0.478 e. The lowest BCUT2D eigenvalue weighted by molar-refractivity contribution is 0.0168. The number of carboxylic acid groups (broad SMARTS) is 1. The van der Waals surface area contributed by atoms with Gasteiger partial charge >= 0.3 is 5.97 Å². The van der Waals surface area contributed by atoms with Crippen molar-refractivity contribution in [2.75, 3.05) is 13.2 Å². The van der Waals surface area contributed by atoms with E-state index in [0.717, 1.165) is 31.7 Å². The molecule has 1 atom stereocenters. The van der Waals surface area contributed by atoms with Crippen molar-refractivity contribution in [2.45, 2.75) is 31.9 Å². The van der Waals surface area contributed by atoms with Crippen molar-refractivity contribution in [1.29, 1.82) is 0 Å². The lowest BCUT2D eigenvalue weighted by atomic mass is 10.1. The van der Waals surface area contributed by atoms with Gasteiger partial charge < -0.3 is 15.2 Å². The molecule has 1 aromatic carbocycles. The van der Waals surface area contributed by atoms with Gasteiger partial charge in [-0.25, -0.2) is 4.79 Å². The summed E-state index contributed by atoms with van der Waals surface area (Å²) in [6.07, 6.45) is 3.88. The van der Waals surface area contributed by atoms with Gasteiger partial charge in [-0.1, -0.05) is 12.1 Å². The Bertz CT molecular complexity index is 383. The van der Waals surface area contributed by atoms with E-state index in [1.165, 1.54) is 12.8 Å². The highest BCUT2D eigenvalue weighted by molar-refractivity contribution is 5.87. The Balaban J connectivity index is 1.74. The summed E-state index contributed by atoms with van der Waals surface area (Å²) in [7, 11) is 0. The van der Waals surface area contributed by atoms with Crippen LogP contribution in [-0.4, -0.2) is 30.3 Å². The topological polar surface area (TPSA) is 58.6 Å². The average molecular weight is 249 g/mol. The van der Waals surface area contributed by atoms with Crippen LogP contribution in [0.4, 0.5) is 0 Å². The van der Waals surface area contributed by atoms with Crippen molar-refractivity contribution >= 4 is 5.97 Å². The van der Waals surface area contributed by atoms with Gasteiger partial charge in [-0.05, 0) is 37.0 Å². The first-order chi connectivity index (χ1) is 8.75. The van der Waals surface area contributed by atoms with E-state index in [9.17, 15) is 4.79 Å². The van der Waals surface area contributed by atoms with Crippen molar-refractivity contribution in [1.82, 2.24) is 5.32 Å². The van der Waals surface area contributed by atoms with E-state index in [1.54, 1.807) is 12.1 Å². The molecule has 1 saturated heterocycles. The lowest BCUT2D eigenvalue weighted by Gasteiger charge is -2.22. The normalized spacial score (nSPS) is 19.7. The Labute approximate surface area is 107 Å². The van der Waals surface area contributed by atoms with Crippen LogP contribution >= 0.6 is 0 Å². The average Bonchev–Trinajstić information content (AvgIpc) is 2.40. The van der Waals surface area contributed by atoms with Gasteiger partial charge in [0, 0.05) is 19.7 Å². The first kappa shape index (κ1) is 13.1. The Morgan fingerprint density at radius 3 is 2.72 bits per heavy atom. The number of carboxylic acids is 1. The quantitative estimate of drug-likeness (QED) is 0.838. The molecule has 0 spiro atoms. The van der Waals surface area contributed by atoms with E-state index in [-0.39, 0.29) is 0 Å². The number of ether oxygens (including phenoxy) is 1. The van der Waals surface area contributed by atoms with Crippen molar-refractivity contribution in [2.24, 2.45) is 0 Å². The zero-order chi connectivity index (χ0) is 12.8. The molecule has 2 rings (SSSR count). The highest BCUT2D eigenvalue weighted by Gasteiger charge is 2.12. The molecule has 0 bridgehead atoms. The van der Waals surface area contributed by atoms with Gasteiger partial charge in [-0.15, -0.1) is 0 Å². The zero-order valence-corrected chi connectivity index (χ0v) is 10.4. The molecule has 0 saturated carbocycles. The van der Waals surface area contributed by atoms with Crippen molar-refractivity contribution in [3.8, 4) is 0 Å². The molecule has 1 heterocycles. The van der Waals surface area contributed by atoms with Gasteiger partial charge in [0.15, 0.2) is 0 Å². The summed E-state index contributed by atoms with van der Waals surface area (Å²) in [5, 5.41) is 12.1. The van der Waals surface area contributed by atoms with Crippen molar-refractivity contribution in [3.05, 3.63) is 35.4 Å². The number of hydrogen-bond acceptors (Lipinski definition) is 3. The third-order valence-corrected chi connectivity index (χ3v) is 3.18. The first-order valence-corrected chi connectivity index (χ1v) is 6.40. The number of aromatic carboxylic acids is 1. The second-order valence-corrected chi connectivity index (χ2v) is 4.62. The lowest BCUT2D eigenvalue weighted by Crippen LogP contribution is -2.31. The predicted molar refractivity (Wildman–Crippen MR) is 68.7 cm³/mol. The van der Waals surface area contributed by atoms with Crippen LogP contribution in [0.25, 0.3) is 0 Å². The third kappa shape index (κ3) is 3.82. The molecule has 0 aromatic heterocycles. The van der Waals surface area contributed by atoms with E-state index in [1.807, 2.05) is 12.1 Å². The van der Waals surface area contributed by atoms with Gasteiger partial charge in [0.1, 0.15) is 0 Å². The van der Waals surface area contributed by atoms with E-state index in [4.69, 9.17) is 9.84 Å². The Hall–Kier alpha value is -1.39. The number of rotatable bonds is 5. The highest BCUT2D eigenvalue weighted by Crippen LogP contribution is 2.12. The van der Waals surface area contributed by atoms with Crippen LogP contribution < -0.4 is 5.32 Å². The minimum absolute atomic E-state index is 0.328. The molecule has 1 fully saturated rings. The van der Waals surface area contributed by atoms with Crippen LogP contribution in [0.2, 0.25) is 0 Å². The standard InChI is InChI=1S/C14H19NO3/c16-14(17)12-6-4-11(5-7-12)9-15-10-13-3-1-2-8-18-13/h4-7,13,15H,1-3,8-10H2,(H,16,17). The van der Waals surface area contributed by atoms with E-state index >= 15 is 0 Å². The Morgan fingerprint density at radius 2 is 2.11 bits per heavy atom. The number of carbonyl (C=O) groups is 1. The second kappa shape index (κ2) is 6.52. The van der Waals surface area contributed by atoms with Gasteiger partial charge in [-0.3, -0.25) is 0 Å². The Kier molecular flexibility index (Phi) is 4.73. The number of nitrogens with one attached hydrogen (secondary N) is 1. The van der Waals surface area contributed by atoms with E-state index in [2.05, 4.69) is 5.32 Å². The van der Waals surface area contributed by atoms with Crippen LogP contribution in [0.15, 0.2) is 24.3 Å². The molecule has 4 heteroatoms. The van der Waals surface area contributed by atoms with Crippen LogP contribution in [0, 0.1) is 0 Å². The van der Waals surface area contributed by atoms with Gasteiger partial charge in [0.25, 0.3) is 0 Å². The maximum atomic E-state index is 10.7. The molecule has 2 N–H and O–H groups in total. The van der Waals surface area contributed by atoms with Gasteiger partial charge in [0.2, 0.25) is 0 Å². The number of benzene rings is 1. The summed E-state index contributed by atoms with van der Waals surface area (Å²) in [4.78, 5) is 10.7. The van der Waals surface area contributed by atoms with Crippen LogP contribution in [0.1, 0.15) is 35.2 Å². The fourth-order valence-corrected chi connectivity index (χ4v) is 2.11. The summed E-state index contributed by atoms with van der Waals surface area (Å²) < 4.78 is 5.63. The van der Waals surface area contributed by atoms with Gasteiger partial charge in [0.05, 0.1) is 11.7 Å². The molecule has 0 radical (unpaired) electrons.